The van der Waals surface area contributed by atoms with Crippen molar-refractivity contribution in [1.82, 2.24) is 14.8 Å². The van der Waals surface area contributed by atoms with Gasteiger partial charge in [-0.2, -0.15) is 0 Å². The molecule has 1 atom stereocenters. The molecule has 1 aromatic heterocycles. The van der Waals surface area contributed by atoms with Crippen molar-refractivity contribution in [2.24, 2.45) is 0 Å². The van der Waals surface area contributed by atoms with Crippen molar-refractivity contribution >= 4 is 23.4 Å². The molecule has 0 fully saturated rings. The van der Waals surface area contributed by atoms with Gasteiger partial charge in [-0.25, -0.2) is 0 Å². The highest BCUT2D eigenvalue weighted by molar-refractivity contribution is 8.00. The van der Waals surface area contributed by atoms with E-state index in [1.165, 1.54) is 17.3 Å². The fourth-order valence-corrected chi connectivity index (χ4v) is 3.49. The molecule has 5 nitrogen and oxygen atoms in total. The normalized spacial score (nSPS) is 11.9. The summed E-state index contributed by atoms with van der Waals surface area (Å²) in [5, 5.41) is 11.9. The average Bonchev–Trinajstić information content (AvgIpc) is 3.01. The lowest BCUT2D eigenvalue weighted by atomic mass is 10.1. The van der Waals surface area contributed by atoms with Crippen LogP contribution in [0, 0.1) is 6.92 Å². The average molecular weight is 366 g/mol. The number of carbonyl (C=O) groups excluding carboxylic acids is 1. The second kappa shape index (κ2) is 8.67. The number of amides is 1. The molecular weight excluding hydrogens is 344 g/mol. The predicted molar refractivity (Wildman–Crippen MR) is 105 cm³/mol. The Labute approximate surface area is 157 Å². The Balaban J connectivity index is 1.63. The number of thioether (sulfide) groups is 1. The van der Waals surface area contributed by atoms with Gasteiger partial charge in [0.1, 0.15) is 5.82 Å². The van der Waals surface area contributed by atoms with E-state index in [4.69, 9.17) is 0 Å². The second-order valence-electron chi connectivity index (χ2n) is 6.03. The highest BCUT2D eigenvalue weighted by Crippen LogP contribution is 2.23. The van der Waals surface area contributed by atoms with Crippen LogP contribution in [0.5, 0.6) is 0 Å². The smallest absolute Gasteiger partial charge is 0.237 e. The molecule has 0 aliphatic heterocycles. The van der Waals surface area contributed by atoms with Gasteiger partial charge in [-0.05, 0) is 38.0 Å². The number of carbonyl (C=O) groups is 1. The summed E-state index contributed by atoms with van der Waals surface area (Å²) in [7, 11) is 0. The first kappa shape index (κ1) is 18.2. The van der Waals surface area contributed by atoms with Crippen LogP contribution >= 0.6 is 11.8 Å². The third-order valence-electron chi connectivity index (χ3n) is 4.06. The molecule has 2 aromatic carbocycles. The summed E-state index contributed by atoms with van der Waals surface area (Å²) >= 11 is 1.43. The van der Waals surface area contributed by atoms with Crippen molar-refractivity contribution < 1.29 is 4.79 Å². The predicted octanol–water partition coefficient (Wildman–Crippen LogP) is 3.95. The Morgan fingerprint density at radius 2 is 1.73 bits per heavy atom. The molecule has 6 heteroatoms. The van der Waals surface area contributed by atoms with E-state index >= 15 is 0 Å². The Hall–Kier alpha value is -2.60. The fraction of sp³-hybridized carbons (Fsp3) is 0.250. The van der Waals surface area contributed by atoms with E-state index in [9.17, 15) is 4.79 Å². The topological polar surface area (TPSA) is 59.8 Å². The zero-order valence-electron chi connectivity index (χ0n) is 14.9. The molecule has 0 saturated heterocycles. The molecular formula is C20H22N4OS. The van der Waals surface area contributed by atoms with Gasteiger partial charge in [0.25, 0.3) is 0 Å². The first-order chi connectivity index (χ1) is 12.6. The second-order valence-corrected chi connectivity index (χ2v) is 7.34. The molecule has 3 rings (SSSR count). The van der Waals surface area contributed by atoms with Crippen molar-refractivity contribution in [3.05, 3.63) is 72.1 Å². The summed E-state index contributed by atoms with van der Waals surface area (Å²) in [6.07, 6.45) is 0.901. The molecule has 0 radical (unpaired) electrons. The van der Waals surface area contributed by atoms with Crippen LogP contribution in [0.1, 0.15) is 18.3 Å². The van der Waals surface area contributed by atoms with Crippen LogP contribution in [0.3, 0.4) is 0 Å². The van der Waals surface area contributed by atoms with E-state index in [1.807, 2.05) is 62.4 Å². The molecule has 0 spiro atoms. The van der Waals surface area contributed by atoms with Crippen LogP contribution in [-0.2, 0) is 17.8 Å². The number of rotatable bonds is 7. The van der Waals surface area contributed by atoms with Gasteiger partial charge in [-0.3, -0.25) is 4.79 Å². The molecule has 1 N–H and O–H groups in total. The number of aryl methyl sites for hydroxylation is 2. The molecule has 0 aliphatic rings. The van der Waals surface area contributed by atoms with Gasteiger partial charge in [-0.1, -0.05) is 60.3 Å². The Kier molecular flexibility index (Phi) is 6.07. The van der Waals surface area contributed by atoms with Crippen molar-refractivity contribution in [3.8, 4) is 0 Å². The lowest BCUT2D eigenvalue weighted by molar-refractivity contribution is -0.115. The van der Waals surface area contributed by atoms with E-state index < -0.39 is 0 Å². The molecule has 0 unspecified atom stereocenters. The van der Waals surface area contributed by atoms with Gasteiger partial charge >= 0.3 is 0 Å². The molecule has 1 heterocycles. The van der Waals surface area contributed by atoms with Gasteiger partial charge < -0.3 is 9.88 Å². The van der Waals surface area contributed by atoms with Gasteiger partial charge in [0.15, 0.2) is 5.16 Å². The quantitative estimate of drug-likeness (QED) is 0.643. The summed E-state index contributed by atoms with van der Waals surface area (Å²) in [4.78, 5) is 12.4. The molecule has 0 saturated carbocycles. The first-order valence-corrected chi connectivity index (χ1v) is 9.48. The summed E-state index contributed by atoms with van der Waals surface area (Å²) in [6, 6.07) is 19.8. The minimum absolute atomic E-state index is 0.0449. The number of nitrogens with zero attached hydrogens (tertiary/aromatic N) is 3. The number of nitrogens with one attached hydrogen (secondary N) is 1. The third kappa shape index (κ3) is 4.73. The zero-order valence-corrected chi connectivity index (χ0v) is 15.7. The first-order valence-electron chi connectivity index (χ1n) is 8.60. The molecule has 26 heavy (non-hydrogen) atoms. The Morgan fingerprint density at radius 3 is 2.42 bits per heavy atom. The van der Waals surface area contributed by atoms with Crippen molar-refractivity contribution in [2.75, 3.05) is 5.32 Å². The molecule has 134 valence electrons. The zero-order chi connectivity index (χ0) is 18.4. The minimum Gasteiger partial charge on any atom is -0.325 e. The van der Waals surface area contributed by atoms with Crippen LogP contribution in [0.2, 0.25) is 0 Å². The van der Waals surface area contributed by atoms with Crippen LogP contribution < -0.4 is 5.32 Å². The monoisotopic (exact) mass is 366 g/mol. The number of aromatic nitrogens is 3. The summed E-state index contributed by atoms with van der Waals surface area (Å²) < 4.78 is 2.07. The molecule has 0 bridgehead atoms. The lowest BCUT2D eigenvalue weighted by Gasteiger charge is -2.13. The third-order valence-corrected chi connectivity index (χ3v) is 5.14. The fourth-order valence-electron chi connectivity index (χ4n) is 2.57. The van der Waals surface area contributed by atoms with E-state index in [0.717, 1.165) is 29.6 Å². The minimum atomic E-state index is -0.269. The van der Waals surface area contributed by atoms with Crippen LogP contribution in [0.25, 0.3) is 0 Å². The van der Waals surface area contributed by atoms with Crippen LogP contribution in [0.4, 0.5) is 5.69 Å². The summed E-state index contributed by atoms with van der Waals surface area (Å²) in [6.45, 7) is 4.61. The maximum atomic E-state index is 12.4. The van der Waals surface area contributed by atoms with Crippen LogP contribution in [0.15, 0.2) is 65.8 Å². The number of hydrogen-bond acceptors (Lipinski definition) is 4. The van der Waals surface area contributed by atoms with E-state index in [-0.39, 0.29) is 11.2 Å². The van der Waals surface area contributed by atoms with Gasteiger partial charge in [0.2, 0.25) is 5.91 Å². The van der Waals surface area contributed by atoms with E-state index in [2.05, 4.69) is 32.2 Å². The molecule has 1 amide bonds. The lowest BCUT2D eigenvalue weighted by Crippen LogP contribution is -2.23. The number of para-hydroxylation sites is 1. The van der Waals surface area contributed by atoms with Crippen molar-refractivity contribution in [2.45, 2.75) is 37.2 Å². The Bertz CT molecular complexity index is 849. The summed E-state index contributed by atoms with van der Waals surface area (Å²) in [5.74, 6) is 0.815. The number of anilines is 1. The van der Waals surface area contributed by atoms with Crippen LogP contribution in [-0.4, -0.2) is 25.9 Å². The highest BCUT2D eigenvalue weighted by atomic mass is 32.2. The van der Waals surface area contributed by atoms with E-state index in [1.54, 1.807) is 0 Å². The maximum absolute atomic E-state index is 12.4. The molecule has 0 aliphatic carbocycles. The number of benzene rings is 2. The maximum Gasteiger partial charge on any atom is 0.237 e. The van der Waals surface area contributed by atoms with Gasteiger partial charge in [-0.15, -0.1) is 10.2 Å². The van der Waals surface area contributed by atoms with E-state index in [0.29, 0.717) is 0 Å². The largest absolute Gasteiger partial charge is 0.325 e. The highest BCUT2D eigenvalue weighted by Gasteiger charge is 2.19. The molecule has 3 aromatic rings. The number of hydrogen-bond donors (Lipinski definition) is 1. The van der Waals surface area contributed by atoms with Crippen molar-refractivity contribution in [1.29, 1.82) is 0 Å². The SMILES string of the molecule is Cc1nnc(S[C@@H](C)C(=O)Nc2ccccc2)n1CCc1ccccc1. The Morgan fingerprint density at radius 1 is 1.08 bits per heavy atom. The summed E-state index contributed by atoms with van der Waals surface area (Å²) in [5.41, 5.74) is 2.07. The van der Waals surface area contributed by atoms with Gasteiger partial charge in [0, 0.05) is 12.2 Å². The van der Waals surface area contributed by atoms with Gasteiger partial charge in [0.05, 0.1) is 5.25 Å². The standard InChI is InChI=1S/C20H22N4OS/c1-15(19(25)21-18-11-7-4-8-12-18)26-20-23-22-16(2)24(20)14-13-17-9-5-3-6-10-17/h3-12,15H,13-14H2,1-2H3,(H,21,25)/t15-/m0/s1. The van der Waals surface area contributed by atoms with Crippen molar-refractivity contribution in [3.63, 3.8) is 0 Å².